The first kappa shape index (κ1) is 24.9. The third kappa shape index (κ3) is 6.79. The summed E-state index contributed by atoms with van der Waals surface area (Å²) in [6.07, 6.45) is 4.01. The molecule has 3 rings (SSSR count). The summed E-state index contributed by atoms with van der Waals surface area (Å²) in [5.74, 6) is -0.373. The highest BCUT2D eigenvalue weighted by Crippen LogP contribution is 2.20. The van der Waals surface area contributed by atoms with E-state index in [0.29, 0.717) is 6.42 Å². The van der Waals surface area contributed by atoms with E-state index in [1.807, 2.05) is 18.2 Å². The van der Waals surface area contributed by atoms with Gasteiger partial charge in [-0.3, -0.25) is 19.4 Å². The van der Waals surface area contributed by atoms with Crippen molar-refractivity contribution in [3.05, 3.63) is 65.7 Å². The number of halogens is 1. The first-order chi connectivity index (χ1) is 14.5. The number of nitrogens with two attached hydrogens (primary N) is 1. The number of nitrogens with zero attached hydrogens (tertiary/aromatic N) is 2. The van der Waals surface area contributed by atoms with Crippen molar-refractivity contribution < 1.29 is 14.7 Å². The first-order valence-corrected chi connectivity index (χ1v) is 10.6. The molecule has 168 valence electrons. The molecule has 0 aromatic heterocycles. The molecular weight excluding hydrogens is 414 g/mol. The molecule has 0 unspecified atom stereocenters. The fourth-order valence-electron chi connectivity index (χ4n) is 4.06. The Morgan fingerprint density at radius 2 is 1.81 bits per heavy atom. The molecular formula is C24H32ClN3O3. The van der Waals surface area contributed by atoms with Crippen molar-refractivity contribution in [3.8, 4) is 5.75 Å². The van der Waals surface area contributed by atoms with Crippen molar-refractivity contribution in [3.63, 3.8) is 0 Å². The Bertz CT molecular complexity index is 845. The zero-order valence-electron chi connectivity index (χ0n) is 17.9. The maximum absolute atomic E-state index is 13.0. The largest absolute Gasteiger partial charge is 0.508 e. The number of carbonyl (C=O) groups excluding carboxylic acids is 2. The van der Waals surface area contributed by atoms with Crippen LogP contribution in [0.25, 0.3) is 0 Å². The summed E-state index contributed by atoms with van der Waals surface area (Å²) < 4.78 is 0. The van der Waals surface area contributed by atoms with Gasteiger partial charge in [-0.2, -0.15) is 0 Å². The molecule has 1 heterocycles. The van der Waals surface area contributed by atoms with Gasteiger partial charge in [-0.25, -0.2) is 0 Å². The van der Waals surface area contributed by atoms with Crippen LogP contribution in [0.15, 0.2) is 54.6 Å². The van der Waals surface area contributed by atoms with Crippen molar-refractivity contribution in [2.45, 2.75) is 44.2 Å². The van der Waals surface area contributed by atoms with Gasteiger partial charge in [0.25, 0.3) is 0 Å². The van der Waals surface area contributed by atoms with E-state index in [1.165, 1.54) is 17.5 Å². The number of phenolic OH excluding ortho intramolecular Hbond substituents is 1. The molecule has 2 aromatic carbocycles. The van der Waals surface area contributed by atoms with E-state index < -0.39 is 6.04 Å². The molecule has 1 aliphatic heterocycles. The van der Waals surface area contributed by atoms with Gasteiger partial charge in [0.15, 0.2) is 0 Å². The molecule has 0 bridgehead atoms. The zero-order chi connectivity index (χ0) is 21.5. The van der Waals surface area contributed by atoms with Crippen molar-refractivity contribution in [1.82, 2.24) is 9.80 Å². The van der Waals surface area contributed by atoms with Gasteiger partial charge < -0.3 is 10.8 Å². The SMILES string of the molecule is CN(C(=O)[C@@H](N)Cc1ccc(O)cc1)C(=O)[C@@H]1CCCN1CCCc1ccccc1.Cl. The van der Waals surface area contributed by atoms with Crippen LogP contribution in [-0.4, -0.2) is 58.9 Å². The summed E-state index contributed by atoms with van der Waals surface area (Å²) in [7, 11) is 1.53. The molecule has 0 aliphatic carbocycles. The average molecular weight is 446 g/mol. The monoisotopic (exact) mass is 445 g/mol. The zero-order valence-corrected chi connectivity index (χ0v) is 18.8. The number of hydrogen-bond donors (Lipinski definition) is 2. The van der Waals surface area contributed by atoms with Crippen LogP contribution >= 0.6 is 12.4 Å². The molecule has 31 heavy (non-hydrogen) atoms. The second-order valence-corrected chi connectivity index (χ2v) is 8.00. The van der Waals surface area contributed by atoms with Crippen LogP contribution in [0.1, 0.15) is 30.4 Å². The molecule has 2 amide bonds. The summed E-state index contributed by atoms with van der Waals surface area (Å²) in [4.78, 5) is 29.1. The highest BCUT2D eigenvalue weighted by molar-refractivity contribution is 5.99. The van der Waals surface area contributed by atoms with Gasteiger partial charge >= 0.3 is 0 Å². The number of benzene rings is 2. The minimum absolute atomic E-state index is 0. The van der Waals surface area contributed by atoms with Gasteiger partial charge in [-0.1, -0.05) is 42.5 Å². The van der Waals surface area contributed by atoms with Crippen molar-refractivity contribution in [2.24, 2.45) is 5.73 Å². The number of hydrogen-bond acceptors (Lipinski definition) is 5. The van der Waals surface area contributed by atoms with Gasteiger partial charge in [0.05, 0.1) is 12.1 Å². The van der Waals surface area contributed by atoms with E-state index in [-0.39, 0.29) is 36.0 Å². The lowest BCUT2D eigenvalue weighted by atomic mass is 10.0. The second-order valence-electron chi connectivity index (χ2n) is 8.00. The Balaban J connectivity index is 0.00000341. The maximum Gasteiger partial charge on any atom is 0.246 e. The minimum atomic E-state index is -0.795. The van der Waals surface area contributed by atoms with Crippen molar-refractivity contribution >= 4 is 24.2 Å². The number of likely N-dealkylation sites (N-methyl/N-ethyl adjacent to an activating group) is 1. The van der Waals surface area contributed by atoms with Gasteiger partial charge in [-0.15, -0.1) is 12.4 Å². The number of imide groups is 1. The topological polar surface area (TPSA) is 86.9 Å². The quantitative estimate of drug-likeness (QED) is 0.652. The molecule has 1 aliphatic rings. The Morgan fingerprint density at radius 3 is 2.48 bits per heavy atom. The smallest absolute Gasteiger partial charge is 0.246 e. The van der Waals surface area contributed by atoms with Crippen LogP contribution in [0.5, 0.6) is 5.75 Å². The Hall–Kier alpha value is -2.41. The molecule has 2 aromatic rings. The molecule has 1 saturated heterocycles. The predicted octanol–water partition coefficient (Wildman–Crippen LogP) is 2.77. The lowest BCUT2D eigenvalue weighted by Crippen LogP contribution is -2.51. The molecule has 3 N–H and O–H groups in total. The molecule has 1 fully saturated rings. The lowest BCUT2D eigenvalue weighted by Gasteiger charge is -2.28. The van der Waals surface area contributed by atoms with Gasteiger partial charge in [-0.05, 0) is 68.5 Å². The summed E-state index contributed by atoms with van der Waals surface area (Å²) >= 11 is 0. The molecule has 6 nitrogen and oxygen atoms in total. The number of likely N-dealkylation sites (tertiary alicyclic amines) is 1. The summed E-state index contributed by atoms with van der Waals surface area (Å²) in [5.41, 5.74) is 8.23. The first-order valence-electron chi connectivity index (χ1n) is 10.6. The van der Waals surface area contributed by atoms with Crippen LogP contribution in [-0.2, 0) is 22.4 Å². The number of aromatic hydroxyl groups is 1. The molecule has 0 radical (unpaired) electrons. The normalized spacial score (nSPS) is 17.0. The number of amides is 2. The number of carbonyl (C=O) groups is 2. The van der Waals surface area contributed by atoms with Gasteiger partial charge in [0.1, 0.15) is 5.75 Å². The third-order valence-corrected chi connectivity index (χ3v) is 5.77. The van der Waals surface area contributed by atoms with E-state index in [4.69, 9.17) is 5.73 Å². The van der Waals surface area contributed by atoms with Gasteiger partial charge in [0, 0.05) is 7.05 Å². The Kier molecular flexibility index (Phi) is 9.49. The van der Waals surface area contributed by atoms with E-state index >= 15 is 0 Å². The fourth-order valence-corrected chi connectivity index (χ4v) is 4.06. The van der Waals surface area contributed by atoms with E-state index in [9.17, 15) is 14.7 Å². The number of phenols is 1. The summed E-state index contributed by atoms with van der Waals surface area (Å²) in [6.45, 7) is 1.72. The standard InChI is InChI=1S/C24H31N3O3.ClH/c1-26(23(29)21(25)17-19-11-13-20(28)14-12-19)24(30)22-10-6-16-27(22)15-5-9-18-7-3-2-4-8-18;/h2-4,7-8,11-14,21-22,28H,5-6,9-10,15-17,25H2,1H3;1H/t21-,22-;/m0./s1. The minimum Gasteiger partial charge on any atom is -0.508 e. The Morgan fingerprint density at radius 1 is 1.13 bits per heavy atom. The molecule has 0 saturated carbocycles. The van der Waals surface area contributed by atoms with E-state index in [2.05, 4.69) is 17.0 Å². The van der Waals surface area contributed by atoms with Crippen LogP contribution in [0.3, 0.4) is 0 Å². The van der Waals surface area contributed by atoms with Gasteiger partial charge in [0.2, 0.25) is 11.8 Å². The summed E-state index contributed by atoms with van der Waals surface area (Å²) in [6, 6.07) is 15.9. The number of aryl methyl sites for hydroxylation is 1. The highest BCUT2D eigenvalue weighted by Gasteiger charge is 2.35. The van der Waals surface area contributed by atoms with Crippen LogP contribution in [0.2, 0.25) is 0 Å². The lowest BCUT2D eigenvalue weighted by molar-refractivity contribution is -0.146. The molecule has 0 spiro atoms. The Labute approximate surface area is 190 Å². The van der Waals surface area contributed by atoms with Crippen LogP contribution in [0, 0.1) is 0 Å². The van der Waals surface area contributed by atoms with E-state index in [0.717, 1.165) is 44.3 Å². The second kappa shape index (κ2) is 11.8. The van der Waals surface area contributed by atoms with Crippen LogP contribution in [0.4, 0.5) is 0 Å². The fraction of sp³-hybridized carbons (Fsp3) is 0.417. The molecule has 2 atom stereocenters. The molecule has 7 heteroatoms. The highest BCUT2D eigenvalue weighted by atomic mass is 35.5. The predicted molar refractivity (Wildman–Crippen MR) is 124 cm³/mol. The van der Waals surface area contributed by atoms with Crippen molar-refractivity contribution in [1.29, 1.82) is 0 Å². The third-order valence-electron chi connectivity index (χ3n) is 5.77. The average Bonchev–Trinajstić information content (AvgIpc) is 3.23. The van der Waals surface area contributed by atoms with Crippen LogP contribution < -0.4 is 5.73 Å². The summed E-state index contributed by atoms with van der Waals surface area (Å²) in [5, 5.41) is 9.38. The maximum atomic E-state index is 13.0. The number of rotatable bonds is 8. The van der Waals surface area contributed by atoms with Crippen molar-refractivity contribution in [2.75, 3.05) is 20.1 Å². The van der Waals surface area contributed by atoms with E-state index in [1.54, 1.807) is 24.3 Å².